The Morgan fingerprint density at radius 1 is 1.13 bits per heavy atom. The van der Waals surface area contributed by atoms with Crippen molar-refractivity contribution < 1.29 is 14.3 Å². The normalized spacial score (nSPS) is 10.3. The Morgan fingerprint density at radius 2 is 1.83 bits per heavy atom. The number of carbonyl (C=O) groups excluding carboxylic acids is 1. The minimum Gasteiger partial charge on any atom is -0.453 e. The van der Waals surface area contributed by atoms with E-state index >= 15 is 0 Å². The predicted octanol–water partition coefficient (Wildman–Crippen LogP) is 3.08. The van der Waals surface area contributed by atoms with Crippen LogP contribution in [0.2, 0.25) is 0 Å². The first kappa shape index (κ1) is 14.6. The monoisotopic (exact) mass is 310 g/mol. The molecule has 116 valence electrons. The van der Waals surface area contributed by atoms with Crippen molar-refractivity contribution in [1.82, 2.24) is 9.55 Å². The Labute approximate surface area is 132 Å². The lowest BCUT2D eigenvalue weighted by molar-refractivity contribution is 0.186. The van der Waals surface area contributed by atoms with Gasteiger partial charge in [-0.2, -0.15) is 0 Å². The number of amides is 1. The third-order valence-corrected chi connectivity index (χ3v) is 3.12. The van der Waals surface area contributed by atoms with Crippen molar-refractivity contribution in [2.75, 3.05) is 12.4 Å². The zero-order chi connectivity index (χ0) is 16.2. The molecule has 7 nitrogen and oxygen atoms in total. The molecule has 3 rings (SSSR count). The summed E-state index contributed by atoms with van der Waals surface area (Å²) in [5, 5.41) is 10.7. The first-order valence-electron chi connectivity index (χ1n) is 6.83. The molecule has 0 saturated carbocycles. The molecule has 0 unspecified atom stereocenters. The van der Waals surface area contributed by atoms with Crippen LogP contribution >= 0.6 is 0 Å². The molecule has 0 radical (unpaired) electrons. The van der Waals surface area contributed by atoms with Crippen LogP contribution in [0.5, 0.6) is 5.75 Å². The summed E-state index contributed by atoms with van der Waals surface area (Å²) in [5.41, 5.74) is 1.26. The van der Waals surface area contributed by atoms with Crippen molar-refractivity contribution in [3.8, 4) is 5.75 Å². The highest BCUT2D eigenvalue weighted by Gasteiger charge is 2.17. The Bertz CT molecular complexity index is 858. The number of methoxy groups -OCH3 is 1. The van der Waals surface area contributed by atoms with Crippen molar-refractivity contribution in [2.45, 2.75) is 0 Å². The van der Waals surface area contributed by atoms with Gasteiger partial charge >= 0.3 is 12.1 Å². The van der Waals surface area contributed by atoms with Crippen LogP contribution in [0.3, 0.4) is 0 Å². The van der Waals surface area contributed by atoms with E-state index in [2.05, 4.69) is 15.0 Å². The molecule has 0 aliphatic rings. The van der Waals surface area contributed by atoms with Gasteiger partial charge in [-0.15, -0.1) is 0 Å². The molecule has 23 heavy (non-hydrogen) atoms. The van der Waals surface area contributed by atoms with Crippen molar-refractivity contribution in [3.05, 3.63) is 54.6 Å². The Hall–Kier alpha value is -3.35. The smallest absolute Gasteiger partial charge is 0.413 e. The highest BCUT2D eigenvalue weighted by molar-refractivity contribution is 5.95. The van der Waals surface area contributed by atoms with Crippen LogP contribution in [0.1, 0.15) is 0 Å². The fraction of sp³-hybridized carbons (Fsp3) is 0.0625. The van der Waals surface area contributed by atoms with Crippen molar-refractivity contribution >= 4 is 29.1 Å². The second kappa shape index (κ2) is 6.18. The lowest BCUT2D eigenvalue weighted by atomic mass is 10.3. The first-order valence-corrected chi connectivity index (χ1v) is 6.83. The van der Waals surface area contributed by atoms with Gasteiger partial charge in [0.2, 0.25) is 5.95 Å². The molecule has 1 aromatic heterocycles. The van der Waals surface area contributed by atoms with Gasteiger partial charge < -0.3 is 9.47 Å². The molecule has 0 saturated heterocycles. The molecular weight excluding hydrogens is 296 g/mol. The number of nitrogens with zero attached hydrogens (tertiary/aromatic N) is 2. The van der Waals surface area contributed by atoms with Crippen LogP contribution in [-0.2, 0) is 4.74 Å². The van der Waals surface area contributed by atoms with E-state index in [-0.39, 0.29) is 12.0 Å². The van der Waals surface area contributed by atoms with Crippen LogP contribution in [-0.4, -0.2) is 28.8 Å². The fourth-order valence-corrected chi connectivity index (χ4v) is 2.10. The number of imidazole rings is 1. The molecule has 0 bridgehead atoms. The minimum absolute atomic E-state index is 0.152. The zero-order valence-electron chi connectivity index (χ0n) is 12.3. The highest BCUT2D eigenvalue weighted by atomic mass is 16.5. The van der Waals surface area contributed by atoms with Gasteiger partial charge in [0.05, 0.1) is 18.1 Å². The van der Waals surface area contributed by atoms with Crippen LogP contribution in [0.15, 0.2) is 54.6 Å². The molecule has 2 N–H and O–H groups in total. The van der Waals surface area contributed by atoms with Crippen LogP contribution < -0.4 is 10.1 Å². The maximum Gasteiger partial charge on any atom is 0.413 e. The average Bonchev–Trinajstić information content (AvgIpc) is 2.93. The number of fused-ring (bicyclic) bond motifs is 1. The van der Waals surface area contributed by atoms with Gasteiger partial charge in [-0.3, -0.25) is 10.7 Å². The van der Waals surface area contributed by atoms with Crippen LogP contribution in [0.4, 0.5) is 10.7 Å². The van der Waals surface area contributed by atoms with Gasteiger partial charge in [-0.1, -0.05) is 30.3 Å². The molecule has 2 aromatic carbocycles. The quantitative estimate of drug-likeness (QED) is 0.562. The summed E-state index contributed by atoms with van der Waals surface area (Å²) in [5.74, 6) is 0.665. The summed E-state index contributed by atoms with van der Waals surface area (Å²) >= 11 is 0. The summed E-state index contributed by atoms with van der Waals surface area (Å²) in [6.45, 7) is 0. The summed E-state index contributed by atoms with van der Waals surface area (Å²) < 4.78 is 11.5. The van der Waals surface area contributed by atoms with E-state index in [1.54, 1.807) is 24.3 Å². The number of rotatable bonds is 2. The van der Waals surface area contributed by atoms with E-state index in [1.807, 2.05) is 30.3 Å². The van der Waals surface area contributed by atoms with Crippen molar-refractivity contribution in [3.63, 3.8) is 0 Å². The van der Waals surface area contributed by atoms with Gasteiger partial charge in [0.15, 0.2) is 0 Å². The number of ether oxygens (including phenoxy) is 2. The first-order chi connectivity index (χ1) is 11.2. The van der Waals surface area contributed by atoms with Crippen molar-refractivity contribution in [1.29, 1.82) is 5.41 Å². The average molecular weight is 310 g/mol. The number of aromatic nitrogens is 2. The van der Waals surface area contributed by atoms with E-state index in [4.69, 9.17) is 10.1 Å². The zero-order valence-corrected chi connectivity index (χ0v) is 12.3. The maximum atomic E-state index is 11.5. The van der Waals surface area contributed by atoms with Crippen LogP contribution in [0, 0.1) is 5.41 Å². The molecular formula is C16H14N4O3. The van der Waals surface area contributed by atoms with Gasteiger partial charge in [-0.25, -0.2) is 14.3 Å². The predicted molar refractivity (Wildman–Crippen MR) is 86.0 cm³/mol. The number of hydrogen-bond donors (Lipinski definition) is 2. The molecule has 0 spiro atoms. The Kier molecular flexibility index (Phi) is 3.92. The van der Waals surface area contributed by atoms with Gasteiger partial charge in [0, 0.05) is 0 Å². The molecule has 0 atom stereocenters. The summed E-state index contributed by atoms with van der Waals surface area (Å²) in [7, 11) is 1.26. The Balaban J connectivity index is 2.01. The lowest BCUT2D eigenvalue weighted by Gasteiger charge is -2.11. The topological polar surface area (TPSA) is 89.2 Å². The molecule has 0 aliphatic carbocycles. The molecule has 1 heterocycles. The van der Waals surface area contributed by atoms with E-state index < -0.39 is 6.09 Å². The van der Waals surface area contributed by atoms with Crippen LogP contribution in [0.25, 0.3) is 11.0 Å². The molecule has 1 amide bonds. The molecule has 3 aromatic rings. The molecule has 0 fully saturated rings. The number of hydrogen-bond acceptors (Lipinski definition) is 5. The minimum atomic E-state index is -0.672. The van der Waals surface area contributed by atoms with E-state index in [0.717, 1.165) is 0 Å². The SMILES string of the molecule is COC(=O)Nc1nc2ccccc2n1C(=N)Oc1ccccc1. The van der Waals surface area contributed by atoms with E-state index in [0.29, 0.717) is 16.8 Å². The third kappa shape index (κ3) is 2.98. The van der Waals surface area contributed by atoms with Gasteiger partial charge in [0.1, 0.15) is 5.75 Å². The van der Waals surface area contributed by atoms with Gasteiger partial charge in [0.25, 0.3) is 0 Å². The Morgan fingerprint density at radius 3 is 2.57 bits per heavy atom. The summed E-state index contributed by atoms with van der Waals surface area (Å²) in [6.07, 6.45) is -0.672. The number of benzene rings is 2. The highest BCUT2D eigenvalue weighted by Crippen LogP contribution is 2.20. The standard InChI is InChI=1S/C16H14N4O3/c1-22-16(21)19-15-18-12-9-5-6-10-13(12)20(15)14(17)23-11-7-3-2-4-8-11/h2-10,17H,1H3,(H,18,19,21). The largest absolute Gasteiger partial charge is 0.453 e. The third-order valence-electron chi connectivity index (χ3n) is 3.12. The number of anilines is 1. The fourth-order valence-electron chi connectivity index (χ4n) is 2.10. The van der Waals surface area contributed by atoms with Gasteiger partial charge in [-0.05, 0) is 24.3 Å². The molecule has 7 heteroatoms. The number of para-hydroxylation sites is 3. The number of nitrogens with one attached hydrogen (secondary N) is 2. The second-order valence-corrected chi connectivity index (χ2v) is 4.60. The summed E-state index contributed by atoms with van der Waals surface area (Å²) in [6, 6.07) is 16.0. The second-order valence-electron chi connectivity index (χ2n) is 4.60. The van der Waals surface area contributed by atoms with E-state index in [9.17, 15) is 4.79 Å². The molecule has 0 aliphatic heterocycles. The summed E-state index contributed by atoms with van der Waals surface area (Å²) in [4.78, 5) is 15.8. The van der Waals surface area contributed by atoms with Crippen molar-refractivity contribution in [2.24, 2.45) is 0 Å². The van der Waals surface area contributed by atoms with E-state index in [1.165, 1.54) is 11.7 Å². The maximum absolute atomic E-state index is 11.5. The lowest BCUT2D eigenvalue weighted by Crippen LogP contribution is -2.22. The number of carbonyl (C=O) groups is 1.